The van der Waals surface area contributed by atoms with Crippen molar-refractivity contribution in [2.75, 3.05) is 6.61 Å². The lowest BCUT2D eigenvalue weighted by atomic mass is 9.90. The van der Waals surface area contributed by atoms with Crippen molar-refractivity contribution >= 4 is 5.97 Å². The molecule has 0 amide bonds. The number of ether oxygens (including phenoxy) is 2. The van der Waals surface area contributed by atoms with Crippen LogP contribution in [0.25, 0.3) is 0 Å². The first kappa shape index (κ1) is 9.52. The van der Waals surface area contributed by atoms with Gasteiger partial charge in [-0.25, -0.2) is 4.79 Å². The fraction of sp³-hybridized carbons (Fsp3) is 0.700. The minimum Gasteiger partial charge on any atom is -0.461 e. The molecule has 78 valence electrons. The smallest absolute Gasteiger partial charge is 0.353 e. The van der Waals surface area contributed by atoms with Crippen molar-refractivity contribution in [1.82, 2.24) is 0 Å². The molecule has 2 N–H and O–H groups in total. The summed E-state index contributed by atoms with van der Waals surface area (Å²) < 4.78 is 10.4. The number of esters is 1. The summed E-state index contributed by atoms with van der Waals surface area (Å²) in [5, 5.41) is 0. The van der Waals surface area contributed by atoms with Crippen LogP contribution in [-0.4, -0.2) is 24.8 Å². The van der Waals surface area contributed by atoms with Crippen molar-refractivity contribution in [3.05, 3.63) is 12.3 Å². The van der Waals surface area contributed by atoms with Gasteiger partial charge in [-0.15, -0.1) is 0 Å². The third-order valence-corrected chi connectivity index (χ3v) is 2.83. The fourth-order valence-electron chi connectivity index (χ4n) is 1.92. The summed E-state index contributed by atoms with van der Waals surface area (Å²) in [6, 6.07) is 0. The number of carbonyl (C=O) groups is 1. The van der Waals surface area contributed by atoms with Gasteiger partial charge in [0.2, 0.25) is 0 Å². The van der Waals surface area contributed by atoms with Gasteiger partial charge in [0.25, 0.3) is 0 Å². The molecule has 4 nitrogen and oxygen atoms in total. The highest BCUT2D eigenvalue weighted by Gasteiger charge is 2.43. The van der Waals surface area contributed by atoms with Crippen LogP contribution < -0.4 is 5.73 Å². The number of rotatable bonds is 3. The molecule has 3 unspecified atom stereocenters. The van der Waals surface area contributed by atoms with E-state index in [1.807, 2.05) is 0 Å². The second-order valence-electron chi connectivity index (χ2n) is 4.02. The maximum atomic E-state index is 11.0. The molecule has 2 fully saturated rings. The maximum Gasteiger partial charge on any atom is 0.353 e. The molecular weight excluding hydrogens is 182 g/mol. The zero-order chi connectivity index (χ0) is 10.1. The number of hydrogen-bond acceptors (Lipinski definition) is 4. The molecule has 1 saturated heterocycles. The summed E-state index contributed by atoms with van der Waals surface area (Å²) in [6.45, 7) is 3.77. The molecule has 0 aromatic heterocycles. The van der Waals surface area contributed by atoms with E-state index in [1.165, 1.54) is 0 Å². The van der Waals surface area contributed by atoms with E-state index in [4.69, 9.17) is 15.2 Å². The fourth-order valence-corrected chi connectivity index (χ4v) is 1.92. The lowest BCUT2D eigenvalue weighted by Crippen LogP contribution is -2.22. The summed E-state index contributed by atoms with van der Waals surface area (Å²) in [5.41, 5.74) is 5.17. The molecule has 2 rings (SSSR count). The Labute approximate surface area is 83.1 Å². The maximum absolute atomic E-state index is 11.0. The van der Waals surface area contributed by atoms with Crippen LogP contribution in [0.5, 0.6) is 0 Å². The highest BCUT2D eigenvalue weighted by molar-refractivity contribution is 5.86. The monoisotopic (exact) mass is 197 g/mol. The van der Waals surface area contributed by atoms with Gasteiger partial charge in [0.15, 0.2) is 0 Å². The summed E-state index contributed by atoms with van der Waals surface area (Å²) in [7, 11) is 0. The van der Waals surface area contributed by atoms with Gasteiger partial charge in [0, 0.05) is 0 Å². The first-order valence-corrected chi connectivity index (χ1v) is 4.94. The molecule has 1 aliphatic heterocycles. The van der Waals surface area contributed by atoms with Gasteiger partial charge in [-0.3, -0.25) is 0 Å². The van der Waals surface area contributed by atoms with Crippen molar-refractivity contribution in [2.24, 2.45) is 11.7 Å². The van der Waals surface area contributed by atoms with E-state index in [2.05, 4.69) is 6.58 Å². The van der Waals surface area contributed by atoms with Gasteiger partial charge >= 0.3 is 5.97 Å². The van der Waals surface area contributed by atoms with Gasteiger partial charge in [-0.1, -0.05) is 6.58 Å². The normalized spacial score (nSPS) is 34.4. The molecule has 4 heteroatoms. The predicted molar refractivity (Wildman–Crippen MR) is 50.3 cm³/mol. The van der Waals surface area contributed by atoms with E-state index in [-0.39, 0.29) is 5.70 Å². The molecule has 0 radical (unpaired) electrons. The van der Waals surface area contributed by atoms with Crippen LogP contribution in [0, 0.1) is 5.92 Å². The Bertz CT molecular complexity index is 264. The summed E-state index contributed by atoms with van der Waals surface area (Å²) in [6.07, 6.45) is 4.09. The van der Waals surface area contributed by atoms with Crippen LogP contribution in [0.4, 0.5) is 0 Å². The Morgan fingerprint density at radius 1 is 1.50 bits per heavy atom. The first-order valence-electron chi connectivity index (χ1n) is 4.94. The summed E-state index contributed by atoms with van der Waals surface area (Å²) in [5.74, 6) is -0.0640. The molecule has 0 aromatic rings. The van der Waals surface area contributed by atoms with Crippen molar-refractivity contribution in [1.29, 1.82) is 0 Å². The Morgan fingerprint density at radius 2 is 2.29 bits per heavy atom. The quantitative estimate of drug-likeness (QED) is 0.408. The van der Waals surface area contributed by atoms with Crippen LogP contribution >= 0.6 is 0 Å². The van der Waals surface area contributed by atoms with Gasteiger partial charge in [-0.2, -0.15) is 0 Å². The van der Waals surface area contributed by atoms with E-state index >= 15 is 0 Å². The summed E-state index contributed by atoms with van der Waals surface area (Å²) in [4.78, 5) is 11.0. The predicted octanol–water partition coefficient (Wildman–Crippen LogP) is 0.569. The van der Waals surface area contributed by atoms with E-state index < -0.39 is 5.97 Å². The Hall–Kier alpha value is -1.03. The van der Waals surface area contributed by atoms with E-state index in [1.54, 1.807) is 0 Å². The minimum atomic E-state index is -0.496. The average Bonchev–Trinajstić information content (AvgIpc) is 2.91. The molecular formula is C10H15NO3. The van der Waals surface area contributed by atoms with Gasteiger partial charge in [0.1, 0.15) is 5.70 Å². The molecule has 0 aromatic carbocycles. The average molecular weight is 197 g/mol. The largest absolute Gasteiger partial charge is 0.461 e. The number of carbonyl (C=O) groups excluding carboxylic acids is 1. The van der Waals surface area contributed by atoms with Crippen LogP contribution in [-0.2, 0) is 14.3 Å². The van der Waals surface area contributed by atoms with E-state index in [9.17, 15) is 4.79 Å². The standard InChI is InChI=1S/C10H15NO3/c1-6(11)10(12)13-5-7-2-3-8-9(4-7)14-8/h7-9H,1-5,11H2. The van der Waals surface area contributed by atoms with Gasteiger partial charge in [0.05, 0.1) is 18.8 Å². The second-order valence-corrected chi connectivity index (χ2v) is 4.02. The SMILES string of the molecule is C=C(N)C(=O)OCC1CCC2OC2C1. The highest BCUT2D eigenvalue weighted by atomic mass is 16.6. The number of epoxide rings is 1. The zero-order valence-electron chi connectivity index (χ0n) is 8.07. The molecule has 1 aliphatic carbocycles. The second kappa shape index (κ2) is 3.61. The zero-order valence-corrected chi connectivity index (χ0v) is 8.07. The third kappa shape index (κ3) is 2.07. The van der Waals surface area contributed by atoms with Crippen LogP contribution in [0.3, 0.4) is 0 Å². The molecule has 0 spiro atoms. The Morgan fingerprint density at radius 3 is 2.93 bits per heavy atom. The van der Waals surface area contributed by atoms with E-state index in [0.717, 1.165) is 19.3 Å². The molecule has 3 atom stereocenters. The van der Waals surface area contributed by atoms with Crippen molar-refractivity contribution < 1.29 is 14.3 Å². The number of hydrogen-bond donors (Lipinski definition) is 1. The minimum absolute atomic E-state index is 0.0265. The van der Waals surface area contributed by atoms with Crippen LogP contribution in [0.15, 0.2) is 12.3 Å². The molecule has 14 heavy (non-hydrogen) atoms. The topological polar surface area (TPSA) is 64.9 Å². The van der Waals surface area contributed by atoms with Crippen LogP contribution in [0.1, 0.15) is 19.3 Å². The molecule has 2 aliphatic rings. The van der Waals surface area contributed by atoms with E-state index in [0.29, 0.717) is 24.7 Å². The van der Waals surface area contributed by atoms with Crippen molar-refractivity contribution in [2.45, 2.75) is 31.5 Å². The molecule has 1 saturated carbocycles. The number of fused-ring (bicyclic) bond motifs is 1. The van der Waals surface area contributed by atoms with Crippen LogP contribution in [0.2, 0.25) is 0 Å². The molecule has 1 heterocycles. The van der Waals surface area contributed by atoms with Crippen molar-refractivity contribution in [3.63, 3.8) is 0 Å². The van der Waals surface area contributed by atoms with Gasteiger partial charge < -0.3 is 15.2 Å². The third-order valence-electron chi connectivity index (χ3n) is 2.83. The first-order chi connectivity index (χ1) is 6.66. The summed E-state index contributed by atoms with van der Waals surface area (Å²) >= 11 is 0. The van der Waals surface area contributed by atoms with Gasteiger partial charge in [-0.05, 0) is 25.2 Å². The molecule has 0 bridgehead atoms. The highest BCUT2D eigenvalue weighted by Crippen LogP contribution is 2.39. The number of nitrogens with two attached hydrogens (primary N) is 1. The lowest BCUT2D eigenvalue weighted by molar-refractivity contribution is -0.140. The Balaban J connectivity index is 1.70. The lowest BCUT2D eigenvalue weighted by Gasteiger charge is -2.18. The Kier molecular flexibility index (Phi) is 2.46. The van der Waals surface area contributed by atoms with Crippen molar-refractivity contribution in [3.8, 4) is 0 Å².